The Hall–Kier alpha value is -2.28. The molecule has 0 fully saturated rings. The zero-order valence-electron chi connectivity index (χ0n) is 15.8. The number of amides is 2. The van der Waals surface area contributed by atoms with Crippen LogP contribution in [0.2, 0.25) is 0 Å². The number of hydrogen-bond donors (Lipinski definition) is 3. The van der Waals surface area contributed by atoms with E-state index in [-0.39, 0.29) is 43.3 Å². The molecule has 1 atom stereocenters. The molecule has 0 saturated carbocycles. The Labute approximate surface area is 178 Å². The molecule has 6 nitrogen and oxygen atoms in total. The summed E-state index contributed by atoms with van der Waals surface area (Å²) < 4.78 is 0. The van der Waals surface area contributed by atoms with E-state index in [1.807, 2.05) is 66.4 Å². The molecular weight excluding hydrogens is 399 g/mol. The van der Waals surface area contributed by atoms with E-state index in [0.29, 0.717) is 25.1 Å². The van der Waals surface area contributed by atoms with E-state index in [4.69, 9.17) is 11.5 Å². The van der Waals surface area contributed by atoms with Gasteiger partial charge in [0.05, 0.1) is 6.54 Å². The fraction of sp³-hybridized carbons (Fsp3) is 0.300. The highest BCUT2D eigenvalue weighted by molar-refractivity contribution is 5.91. The van der Waals surface area contributed by atoms with Gasteiger partial charge in [0.25, 0.3) is 0 Å². The number of nitrogens with one attached hydrogen (secondary N) is 1. The Bertz CT molecular complexity index is 742. The fourth-order valence-electron chi connectivity index (χ4n) is 2.59. The molecule has 0 radical (unpaired) electrons. The second-order valence-corrected chi connectivity index (χ2v) is 6.42. The van der Waals surface area contributed by atoms with Crippen molar-refractivity contribution in [2.24, 2.45) is 11.5 Å². The summed E-state index contributed by atoms with van der Waals surface area (Å²) in [6, 6.07) is 17.2. The van der Waals surface area contributed by atoms with Gasteiger partial charge >= 0.3 is 0 Å². The predicted molar refractivity (Wildman–Crippen MR) is 119 cm³/mol. The number of primary amides is 1. The molecule has 0 aliphatic rings. The van der Waals surface area contributed by atoms with Gasteiger partial charge in [-0.15, -0.1) is 24.8 Å². The first kappa shape index (κ1) is 25.7. The summed E-state index contributed by atoms with van der Waals surface area (Å²) in [7, 11) is 0. The van der Waals surface area contributed by atoms with Crippen LogP contribution in [-0.2, 0) is 16.1 Å². The average molecular weight is 427 g/mol. The first-order valence-corrected chi connectivity index (χ1v) is 8.66. The summed E-state index contributed by atoms with van der Waals surface area (Å²) in [5, 5.41) is 2.87. The van der Waals surface area contributed by atoms with Crippen LogP contribution in [0.25, 0.3) is 0 Å². The minimum atomic E-state index is -0.410. The van der Waals surface area contributed by atoms with Crippen LogP contribution in [0.1, 0.15) is 25.3 Å². The van der Waals surface area contributed by atoms with E-state index in [2.05, 4.69) is 5.32 Å². The SMILES string of the molecule is CC(N)CCC(=O)Nc1cccc(N(CC(N)=O)Cc2ccccc2)c1.Cl.Cl. The summed E-state index contributed by atoms with van der Waals surface area (Å²) in [5.41, 5.74) is 13.7. The van der Waals surface area contributed by atoms with Crippen molar-refractivity contribution in [3.63, 3.8) is 0 Å². The zero-order chi connectivity index (χ0) is 18.9. The molecule has 1 unspecified atom stereocenters. The molecule has 0 saturated heterocycles. The molecule has 2 aromatic rings. The topological polar surface area (TPSA) is 101 Å². The predicted octanol–water partition coefficient (Wildman–Crippen LogP) is 3.09. The van der Waals surface area contributed by atoms with Crippen LogP contribution < -0.4 is 21.7 Å². The van der Waals surface area contributed by atoms with E-state index >= 15 is 0 Å². The zero-order valence-corrected chi connectivity index (χ0v) is 17.5. The standard InChI is InChI=1S/C20H26N4O2.2ClH/c1-15(21)10-11-20(26)23-17-8-5-9-18(12-17)24(14-19(22)25)13-16-6-3-2-4-7-16;;/h2-9,12,15H,10-11,13-14,21H2,1H3,(H2,22,25)(H,23,26);2*1H. The molecule has 5 N–H and O–H groups in total. The van der Waals surface area contributed by atoms with Crippen molar-refractivity contribution in [3.8, 4) is 0 Å². The van der Waals surface area contributed by atoms with Gasteiger partial charge in [-0.3, -0.25) is 9.59 Å². The highest BCUT2D eigenvalue weighted by Gasteiger charge is 2.12. The molecule has 2 rings (SSSR count). The molecule has 154 valence electrons. The Morgan fingerprint density at radius 3 is 2.36 bits per heavy atom. The maximum absolute atomic E-state index is 12.0. The third kappa shape index (κ3) is 9.08. The monoisotopic (exact) mass is 426 g/mol. The Balaban J connectivity index is 0.00000364. The van der Waals surface area contributed by atoms with E-state index in [9.17, 15) is 9.59 Å². The molecule has 8 heteroatoms. The van der Waals surface area contributed by atoms with Gasteiger partial charge < -0.3 is 21.7 Å². The van der Waals surface area contributed by atoms with Gasteiger partial charge in [-0.25, -0.2) is 0 Å². The second kappa shape index (κ2) is 13.0. The number of nitrogens with zero attached hydrogens (tertiary/aromatic N) is 1. The number of halogens is 2. The Morgan fingerprint density at radius 1 is 1.07 bits per heavy atom. The maximum atomic E-state index is 12.0. The van der Waals surface area contributed by atoms with Crippen molar-refractivity contribution in [3.05, 3.63) is 60.2 Å². The van der Waals surface area contributed by atoms with Crippen molar-refractivity contribution < 1.29 is 9.59 Å². The molecule has 0 spiro atoms. The van der Waals surface area contributed by atoms with E-state index < -0.39 is 5.91 Å². The largest absolute Gasteiger partial charge is 0.368 e. The van der Waals surface area contributed by atoms with Gasteiger partial charge in [-0.1, -0.05) is 36.4 Å². The summed E-state index contributed by atoms with van der Waals surface area (Å²) in [6.45, 7) is 2.52. The molecule has 28 heavy (non-hydrogen) atoms. The smallest absolute Gasteiger partial charge is 0.236 e. The van der Waals surface area contributed by atoms with Crippen LogP contribution >= 0.6 is 24.8 Å². The lowest BCUT2D eigenvalue weighted by molar-refractivity contribution is -0.117. The molecule has 0 bridgehead atoms. The van der Waals surface area contributed by atoms with Crippen molar-refractivity contribution in [2.45, 2.75) is 32.4 Å². The summed E-state index contributed by atoms with van der Waals surface area (Å²) in [6.07, 6.45) is 1.00. The van der Waals surface area contributed by atoms with E-state index in [0.717, 1.165) is 11.3 Å². The Kier molecular flexibility index (Phi) is 11.9. The van der Waals surface area contributed by atoms with Crippen LogP contribution in [0.3, 0.4) is 0 Å². The number of rotatable bonds is 9. The van der Waals surface area contributed by atoms with Gasteiger partial charge in [0.2, 0.25) is 11.8 Å². The third-order valence-corrected chi connectivity index (χ3v) is 3.88. The van der Waals surface area contributed by atoms with Gasteiger partial charge in [0.1, 0.15) is 0 Å². The molecule has 2 amide bonds. The Morgan fingerprint density at radius 2 is 1.75 bits per heavy atom. The number of hydrogen-bond acceptors (Lipinski definition) is 4. The number of anilines is 2. The van der Waals surface area contributed by atoms with E-state index in [1.54, 1.807) is 0 Å². The molecule has 0 heterocycles. The van der Waals surface area contributed by atoms with Gasteiger partial charge in [0.15, 0.2) is 0 Å². The van der Waals surface area contributed by atoms with Crippen molar-refractivity contribution in [2.75, 3.05) is 16.8 Å². The van der Waals surface area contributed by atoms with Crippen molar-refractivity contribution in [1.82, 2.24) is 0 Å². The lowest BCUT2D eigenvalue weighted by atomic mass is 10.1. The third-order valence-electron chi connectivity index (χ3n) is 3.88. The minimum absolute atomic E-state index is 0. The quantitative estimate of drug-likeness (QED) is 0.573. The lowest BCUT2D eigenvalue weighted by Gasteiger charge is -2.24. The minimum Gasteiger partial charge on any atom is -0.368 e. The van der Waals surface area contributed by atoms with Crippen LogP contribution in [-0.4, -0.2) is 24.4 Å². The molecule has 0 aromatic heterocycles. The number of benzene rings is 2. The highest BCUT2D eigenvalue weighted by Crippen LogP contribution is 2.21. The van der Waals surface area contributed by atoms with E-state index in [1.165, 1.54) is 0 Å². The summed E-state index contributed by atoms with van der Waals surface area (Å²) in [4.78, 5) is 25.4. The fourth-order valence-corrected chi connectivity index (χ4v) is 2.59. The van der Waals surface area contributed by atoms with Gasteiger partial charge in [-0.05, 0) is 37.1 Å². The summed E-state index contributed by atoms with van der Waals surface area (Å²) in [5.74, 6) is -0.490. The molecule has 0 aliphatic carbocycles. The van der Waals surface area contributed by atoms with Gasteiger partial charge in [0, 0.05) is 30.4 Å². The number of carbonyl (C=O) groups excluding carboxylic acids is 2. The molecule has 0 aliphatic heterocycles. The maximum Gasteiger partial charge on any atom is 0.236 e. The van der Waals surface area contributed by atoms with Crippen LogP contribution in [0, 0.1) is 0 Å². The second-order valence-electron chi connectivity index (χ2n) is 6.42. The average Bonchev–Trinajstić information content (AvgIpc) is 2.60. The molecular formula is C20H28Cl2N4O2. The first-order chi connectivity index (χ1) is 12.4. The lowest BCUT2D eigenvalue weighted by Crippen LogP contribution is -2.33. The van der Waals surface area contributed by atoms with Crippen molar-refractivity contribution >= 4 is 48.0 Å². The highest BCUT2D eigenvalue weighted by atomic mass is 35.5. The molecule has 2 aromatic carbocycles. The first-order valence-electron chi connectivity index (χ1n) is 8.66. The van der Waals surface area contributed by atoms with Crippen LogP contribution in [0.5, 0.6) is 0 Å². The van der Waals surface area contributed by atoms with Crippen molar-refractivity contribution in [1.29, 1.82) is 0 Å². The van der Waals surface area contributed by atoms with Crippen LogP contribution in [0.4, 0.5) is 11.4 Å². The number of nitrogens with two attached hydrogens (primary N) is 2. The number of carbonyl (C=O) groups is 2. The summed E-state index contributed by atoms with van der Waals surface area (Å²) >= 11 is 0. The van der Waals surface area contributed by atoms with Gasteiger partial charge in [-0.2, -0.15) is 0 Å². The normalized spacial score (nSPS) is 10.8. The van der Waals surface area contributed by atoms with Crippen LogP contribution in [0.15, 0.2) is 54.6 Å².